The van der Waals surface area contributed by atoms with E-state index in [0.717, 1.165) is 6.42 Å². The zero-order chi connectivity index (χ0) is 15.0. The zero-order valence-electron chi connectivity index (χ0n) is 13.8. The summed E-state index contributed by atoms with van der Waals surface area (Å²) >= 11 is 0. The van der Waals surface area contributed by atoms with Crippen LogP contribution in [0.4, 0.5) is 0 Å². The molecular formula is C20H28. The van der Waals surface area contributed by atoms with Gasteiger partial charge in [0, 0.05) is 0 Å². The van der Waals surface area contributed by atoms with Crippen molar-refractivity contribution in [3.8, 4) is 0 Å². The molecule has 0 spiro atoms. The number of fused-ring (bicyclic) bond motifs is 1. The van der Waals surface area contributed by atoms with Crippen molar-refractivity contribution >= 4 is 5.57 Å². The molecule has 0 saturated carbocycles. The third kappa shape index (κ3) is 2.26. The minimum absolute atomic E-state index is 0.670. The van der Waals surface area contributed by atoms with E-state index in [0.29, 0.717) is 5.92 Å². The van der Waals surface area contributed by atoms with Crippen molar-refractivity contribution in [2.24, 2.45) is 0 Å². The third-order valence-electron chi connectivity index (χ3n) is 5.30. The van der Waals surface area contributed by atoms with E-state index < -0.39 is 0 Å². The second-order valence-corrected chi connectivity index (χ2v) is 6.40. The lowest BCUT2D eigenvalue weighted by molar-refractivity contribution is 0.571. The maximum absolute atomic E-state index is 4.36. The highest BCUT2D eigenvalue weighted by atomic mass is 14.3. The smallest absolute Gasteiger partial charge is 0.0118 e. The van der Waals surface area contributed by atoms with Gasteiger partial charge in [0.25, 0.3) is 0 Å². The highest BCUT2D eigenvalue weighted by Crippen LogP contribution is 2.44. The number of hydrogen-bond acceptors (Lipinski definition) is 0. The van der Waals surface area contributed by atoms with Crippen molar-refractivity contribution in [2.45, 2.75) is 66.2 Å². The van der Waals surface area contributed by atoms with Crippen molar-refractivity contribution in [2.75, 3.05) is 0 Å². The molecule has 0 nitrogen and oxygen atoms in total. The molecule has 0 heterocycles. The Bertz CT molecular complexity index is 572. The van der Waals surface area contributed by atoms with Gasteiger partial charge in [0.1, 0.15) is 0 Å². The molecule has 1 aromatic rings. The Labute approximate surface area is 124 Å². The summed E-state index contributed by atoms with van der Waals surface area (Å²) in [7, 11) is 0. The lowest BCUT2D eigenvalue weighted by atomic mass is 9.79. The van der Waals surface area contributed by atoms with Crippen LogP contribution in [0.1, 0.15) is 71.9 Å². The van der Waals surface area contributed by atoms with E-state index in [2.05, 4.69) is 47.8 Å². The van der Waals surface area contributed by atoms with Crippen LogP contribution in [0.25, 0.3) is 5.57 Å². The van der Waals surface area contributed by atoms with Crippen LogP contribution in [0.3, 0.4) is 0 Å². The molecule has 20 heavy (non-hydrogen) atoms. The maximum Gasteiger partial charge on any atom is -0.0118 e. The van der Waals surface area contributed by atoms with Crippen molar-refractivity contribution in [1.29, 1.82) is 0 Å². The summed E-state index contributed by atoms with van der Waals surface area (Å²) in [4.78, 5) is 0. The lowest BCUT2D eigenvalue weighted by Crippen LogP contribution is -2.08. The first-order valence-electron chi connectivity index (χ1n) is 7.87. The van der Waals surface area contributed by atoms with E-state index in [9.17, 15) is 0 Å². The molecule has 0 amide bonds. The zero-order valence-corrected chi connectivity index (χ0v) is 13.8. The van der Waals surface area contributed by atoms with Crippen molar-refractivity contribution in [3.05, 3.63) is 52.1 Å². The predicted octanol–water partition coefficient (Wildman–Crippen LogP) is 6.17. The molecule has 0 N–H and O–H groups in total. The summed E-state index contributed by atoms with van der Waals surface area (Å²) in [6.07, 6.45) is 4.83. The normalized spacial score (nSPS) is 18.9. The lowest BCUT2D eigenvalue weighted by Gasteiger charge is -2.25. The molecule has 0 fully saturated rings. The van der Waals surface area contributed by atoms with E-state index in [-0.39, 0.29) is 0 Å². The molecule has 0 saturated heterocycles. The van der Waals surface area contributed by atoms with Gasteiger partial charge < -0.3 is 0 Å². The molecule has 1 aliphatic rings. The van der Waals surface area contributed by atoms with E-state index in [1.165, 1.54) is 58.2 Å². The molecule has 0 aliphatic heterocycles. The molecular weight excluding hydrogens is 240 g/mol. The number of rotatable bonds is 2. The van der Waals surface area contributed by atoms with E-state index in [4.69, 9.17) is 0 Å². The summed E-state index contributed by atoms with van der Waals surface area (Å²) < 4.78 is 0. The Balaban J connectivity index is 2.79. The van der Waals surface area contributed by atoms with Gasteiger partial charge in [0.15, 0.2) is 0 Å². The Morgan fingerprint density at radius 2 is 1.55 bits per heavy atom. The molecule has 1 aliphatic carbocycles. The molecule has 2 rings (SSSR count). The summed E-state index contributed by atoms with van der Waals surface area (Å²) in [5.74, 6) is 0.670. The first kappa shape index (κ1) is 15.1. The Morgan fingerprint density at radius 1 is 0.950 bits per heavy atom. The second kappa shape index (κ2) is 5.60. The number of benzene rings is 1. The second-order valence-electron chi connectivity index (χ2n) is 6.40. The van der Waals surface area contributed by atoms with Crippen LogP contribution in [0, 0.1) is 27.7 Å². The van der Waals surface area contributed by atoms with Crippen LogP contribution in [-0.4, -0.2) is 0 Å². The molecule has 1 atom stereocenters. The predicted molar refractivity (Wildman–Crippen MR) is 90.4 cm³/mol. The minimum Gasteiger partial charge on any atom is -0.0952 e. The average molecular weight is 268 g/mol. The Kier molecular flexibility index (Phi) is 4.22. The minimum atomic E-state index is 0.670. The summed E-state index contributed by atoms with van der Waals surface area (Å²) in [6.45, 7) is 20.0. The van der Waals surface area contributed by atoms with Gasteiger partial charge in [-0.3, -0.25) is 0 Å². The van der Waals surface area contributed by atoms with E-state index in [1.807, 2.05) is 0 Å². The fourth-order valence-electron chi connectivity index (χ4n) is 3.70. The van der Waals surface area contributed by atoms with Crippen LogP contribution in [0.5, 0.6) is 0 Å². The molecule has 0 heteroatoms. The summed E-state index contributed by atoms with van der Waals surface area (Å²) in [5.41, 5.74) is 11.2. The van der Waals surface area contributed by atoms with Gasteiger partial charge in [-0.15, -0.1) is 0 Å². The van der Waals surface area contributed by atoms with Gasteiger partial charge in [-0.2, -0.15) is 0 Å². The largest absolute Gasteiger partial charge is 0.0952 e. The van der Waals surface area contributed by atoms with Gasteiger partial charge >= 0.3 is 0 Å². The van der Waals surface area contributed by atoms with Crippen LogP contribution in [0.2, 0.25) is 0 Å². The van der Waals surface area contributed by atoms with Gasteiger partial charge in [-0.1, -0.05) is 26.5 Å². The fraction of sp³-hybridized carbons (Fsp3) is 0.500. The van der Waals surface area contributed by atoms with Crippen LogP contribution in [-0.2, 0) is 0 Å². The van der Waals surface area contributed by atoms with Gasteiger partial charge in [0.05, 0.1) is 0 Å². The highest BCUT2D eigenvalue weighted by molar-refractivity contribution is 5.83. The van der Waals surface area contributed by atoms with Gasteiger partial charge in [0.2, 0.25) is 0 Å². The standard InChI is InChI=1S/C20H28/c1-8-9-18-11-10-12(2)13(3)19-16(6)14(4)15(5)17(7)20(18)19/h18H,2-3,8-11H2,1,4-7H3. The molecule has 0 radical (unpaired) electrons. The Morgan fingerprint density at radius 3 is 2.15 bits per heavy atom. The maximum atomic E-state index is 4.36. The molecule has 0 aromatic heterocycles. The SMILES string of the molecule is C=C1CCC(CCC)c2c(C)c(C)c(C)c(C)c2C1=C. The first-order chi connectivity index (χ1) is 9.40. The average Bonchev–Trinajstić information content (AvgIpc) is 2.54. The van der Waals surface area contributed by atoms with Gasteiger partial charge in [-0.25, -0.2) is 0 Å². The van der Waals surface area contributed by atoms with Crippen molar-refractivity contribution in [1.82, 2.24) is 0 Å². The quantitative estimate of drug-likeness (QED) is 0.563. The Hall–Kier alpha value is -1.30. The molecule has 0 bridgehead atoms. The first-order valence-corrected chi connectivity index (χ1v) is 7.87. The third-order valence-corrected chi connectivity index (χ3v) is 5.30. The molecule has 1 aromatic carbocycles. The number of allylic oxidation sites excluding steroid dienone is 2. The van der Waals surface area contributed by atoms with Crippen molar-refractivity contribution < 1.29 is 0 Å². The molecule has 108 valence electrons. The van der Waals surface area contributed by atoms with Gasteiger partial charge in [-0.05, 0) is 97.4 Å². The summed E-state index contributed by atoms with van der Waals surface area (Å²) in [5, 5.41) is 0. The summed E-state index contributed by atoms with van der Waals surface area (Å²) in [6, 6.07) is 0. The van der Waals surface area contributed by atoms with Crippen molar-refractivity contribution in [3.63, 3.8) is 0 Å². The topological polar surface area (TPSA) is 0 Å². The highest BCUT2D eigenvalue weighted by Gasteiger charge is 2.26. The van der Waals surface area contributed by atoms with Crippen LogP contribution in [0.15, 0.2) is 18.7 Å². The van der Waals surface area contributed by atoms with Crippen LogP contribution >= 0.6 is 0 Å². The van der Waals surface area contributed by atoms with Crippen LogP contribution < -0.4 is 0 Å². The number of hydrogen-bond donors (Lipinski definition) is 0. The fourth-order valence-corrected chi connectivity index (χ4v) is 3.70. The van der Waals surface area contributed by atoms with E-state index >= 15 is 0 Å². The monoisotopic (exact) mass is 268 g/mol. The molecule has 1 unspecified atom stereocenters. The van der Waals surface area contributed by atoms with E-state index in [1.54, 1.807) is 5.56 Å².